The number of nitrogens with zero attached hydrogens (tertiary/aromatic N) is 1. The van der Waals surface area contributed by atoms with Crippen LogP contribution >= 0.6 is 0 Å². The Labute approximate surface area is 75.0 Å². The smallest absolute Gasteiger partial charge is 0.341 e. The van der Waals surface area contributed by atoms with Gasteiger partial charge < -0.3 is 5.11 Å². The van der Waals surface area contributed by atoms with Gasteiger partial charge in [-0.15, -0.1) is 0 Å². The van der Waals surface area contributed by atoms with Crippen LogP contribution in [0.3, 0.4) is 0 Å². The molecule has 0 saturated carbocycles. The van der Waals surface area contributed by atoms with E-state index < -0.39 is 35.3 Å². The zero-order valence-corrected chi connectivity index (χ0v) is 6.47. The monoisotopic (exact) mass is 209 g/mol. The number of aromatic carboxylic acids is 1. The Morgan fingerprint density at radius 2 is 2.00 bits per heavy atom. The van der Waals surface area contributed by atoms with Crippen LogP contribution in [0.25, 0.3) is 0 Å². The van der Waals surface area contributed by atoms with Crippen molar-refractivity contribution in [2.24, 2.45) is 0 Å². The average Bonchev–Trinajstić information content (AvgIpc) is 2.02. The van der Waals surface area contributed by atoms with Gasteiger partial charge in [-0.05, 0) is 0 Å². The lowest BCUT2D eigenvalue weighted by atomic mass is 10.2. The highest BCUT2D eigenvalue weighted by atomic mass is 19.3. The lowest BCUT2D eigenvalue weighted by molar-refractivity contribution is 0.0684. The Morgan fingerprint density at radius 3 is 2.43 bits per heavy atom. The highest BCUT2D eigenvalue weighted by molar-refractivity contribution is 5.88. The van der Waals surface area contributed by atoms with E-state index in [9.17, 15) is 22.4 Å². The van der Waals surface area contributed by atoms with Crippen molar-refractivity contribution in [2.75, 3.05) is 0 Å². The number of pyridine rings is 1. The van der Waals surface area contributed by atoms with E-state index in [4.69, 9.17) is 5.11 Å². The summed E-state index contributed by atoms with van der Waals surface area (Å²) >= 11 is 0. The number of halogens is 4. The molecule has 0 spiro atoms. The number of rotatable bonds is 2. The summed E-state index contributed by atoms with van der Waals surface area (Å²) in [5, 5.41) is 8.30. The lowest BCUT2D eigenvalue weighted by Crippen LogP contribution is -2.09. The van der Waals surface area contributed by atoms with Crippen LogP contribution in [-0.2, 0) is 0 Å². The lowest BCUT2D eigenvalue weighted by Gasteiger charge is -2.03. The van der Waals surface area contributed by atoms with Crippen LogP contribution in [0.2, 0.25) is 0 Å². The maximum absolute atomic E-state index is 12.9. The normalized spacial score (nSPS) is 10.6. The molecule has 1 aromatic heterocycles. The van der Waals surface area contributed by atoms with E-state index >= 15 is 0 Å². The summed E-state index contributed by atoms with van der Waals surface area (Å²) in [5.74, 6) is -5.28. The SMILES string of the molecule is O=C(O)c1c(F)cnc(C(F)F)c1F. The topological polar surface area (TPSA) is 50.2 Å². The Kier molecular flexibility index (Phi) is 2.68. The summed E-state index contributed by atoms with van der Waals surface area (Å²) in [7, 11) is 0. The summed E-state index contributed by atoms with van der Waals surface area (Å²) in [6, 6.07) is 0. The van der Waals surface area contributed by atoms with Crippen molar-refractivity contribution in [3.8, 4) is 0 Å². The van der Waals surface area contributed by atoms with Crippen LogP contribution in [0.15, 0.2) is 6.20 Å². The molecule has 3 nitrogen and oxygen atoms in total. The molecule has 0 aliphatic rings. The number of carbonyl (C=O) groups is 1. The molecule has 14 heavy (non-hydrogen) atoms. The van der Waals surface area contributed by atoms with E-state index in [0.717, 1.165) is 0 Å². The predicted molar refractivity (Wildman–Crippen MR) is 36.1 cm³/mol. The van der Waals surface area contributed by atoms with Crippen LogP contribution in [0, 0.1) is 11.6 Å². The zero-order valence-electron chi connectivity index (χ0n) is 6.47. The van der Waals surface area contributed by atoms with Gasteiger partial charge in [0.25, 0.3) is 6.43 Å². The molecule has 0 aliphatic heterocycles. The van der Waals surface area contributed by atoms with E-state index in [1.807, 2.05) is 0 Å². The maximum Gasteiger partial charge on any atom is 0.341 e. The van der Waals surface area contributed by atoms with Gasteiger partial charge in [0, 0.05) is 0 Å². The highest BCUT2D eigenvalue weighted by Gasteiger charge is 2.25. The number of aromatic nitrogens is 1. The first kappa shape index (κ1) is 10.4. The van der Waals surface area contributed by atoms with Crippen molar-refractivity contribution in [3.63, 3.8) is 0 Å². The third-order valence-corrected chi connectivity index (χ3v) is 1.42. The second-order valence-corrected chi connectivity index (χ2v) is 2.29. The molecule has 0 saturated heterocycles. The molecule has 0 bridgehead atoms. The molecule has 1 aromatic rings. The van der Waals surface area contributed by atoms with Gasteiger partial charge in [-0.1, -0.05) is 0 Å². The first-order chi connectivity index (χ1) is 6.45. The molecule has 0 fully saturated rings. The number of carboxylic acids is 1. The van der Waals surface area contributed by atoms with Crippen molar-refractivity contribution in [2.45, 2.75) is 6.43 Å². The number of alkyl halides is 2. The molecule has 0 aliphatic carbocycles. The summed E-state index contributed by atoms with van der Waals surface area (Å²) < 4.78 is 49.5. The molecule has 0 unspecified atom stereocenters. The molecular formula is C7H3F4NO2. The third-order valence-electron chi connectivity index (χ3n) is 1.42. The number of hydrogen-bond donors (Lipinski definition) is 1. The second-order valence-electron chi connectivity index (χ2n) is 2.29. The number of hydrogen-bond acceptors (Lipinski definition) is 2. The molecule has 1 N–H and O–H groups in total. The summed E-state index contributed by atoms with van der Waals surface area (Å²) in [6.07, 6.45) is -3.04. The molecule has 1 rings (SSSR count). The van der Waals surface area contributed by atoms with Crippen molar-refractivity contribution >= 4 is 5.97 Å². The maximum atomic E-state index is 12.9. The van der Waals surface area contributed by atoms with E-state index in [1.54, 1.807) is 0 Å². The summed E-state index contributed by atoms with van der Waals surface area (Å²) in [6.45, 7) is 0. The Morgan fingerprint density at radius 1 is 1.43 bits per heavy atom. The van der Waals surface area contributed by atoms with Crippen LogP contribution in [-0.4, -0.2) is 16.1 Å². The van der Waals surface area contributed by atoms with E-state index in [-0.39, 0.29) is 6.20 Å². The Hall–Kier alpha value is -1.66. The van der Waals surface area contributed by atoms with Gasteiger partial charge in [0.2, 0.25) is 0 Å². The van der Waals surface area contributed by atoms with Gasteiger partial charge in [0.15, 0.2) is 11.6 Å². The zero-order chi connectivity index (χ0) is 10.9. The second kappa shape index (κ2) is 3.60. The fourth-order valence-electron chi connectivity index (χ4n) is 0.829. The van der Waals surface area contributed by atoms with Crippen LogP contribution in [0.1, 0.15) is 22.5 Å². The average molecular weight is 209 g/mol. The molecular weight excluding hydrogens is 206 g/mol. The number of carboxylic acid groups (broad SMARTS) is 1. The van der Waals surface area contributed by atoms with E-state index in [1.165, 1.54) is 0 Å². The predicted octanol–water partition coefficient (Wildman–Crippen LogP) is 2.00. The molecule has 0 atom stereocenters. The van der Waals surface area contributed by atoms with E-state index in [0.29, 0.717) is 0 Å². The van der Waals surface area contributed by atoms with Crippen molar-refractivity contribution < 1.29 is 27.5 Å². The first-order valence-electron chi connectivity index (χ1n) is 3.30. The van der Waals surface area contributed by atoms with Gasteiger partial charge >= 0.3 is 5.97 Å². The van der Waals surface area contributed by atoms with Crippen molar-refractivity contribution in [1.29, 1.82) is 0 Å². The molecule has 0 radical (unpaired) electrons. The minimum Gasteiger partial charge on any atom is -0.477 e. The molecule has 0 aromatic carbocycles. The van der Waals surface area contributed by atoms with Gasteiger partial charge in [-0.25, -0.2) is 27.3 Å². The molecule has 1 heterocycles. The minimum absolute atomic E-state index is 0.244. The minimum atomic E-state index is -3.28. The van der Waals surface area contributed by atoms with Crippen molar-refractivity contribution in [1.82, 2.24) is 4.98 Å². The quantitative estimate of drug-likeness (QED) is 0.757. The summed E-state index contributed by atoms with van der Waals surface area (Å²) in [5.41, 5.74) is -2.79. The van der Waals surface area contributed by atoms with Crippen LogP contribution < -0.4 is 0 Å². The van der Waals surface area contributed by atoms with Crippen LogP contribution in [0.4, 0.5) is 17.6 Å². The molecule has 0 amide bonds. The third kappa shape index (κ3) is 1.66. The largest absolute Gasteiger partial charge is 0.477 e. The Bertz CT molecular complexity index is 380. The fourth-order valence-corrected chi connectivity index (χ4v) is 0.829. The van der Waals surface area contributed by atoms with Crippen LogP contribution in [0.5, 0.6) is 0 Å². The standard InChI is InChI=1S/C7H3F4NO2/c8-2-1-12-5(6(10)11)4(9)3(2)7(13)14/h1,6H,(H,13,14). The van der Waals surface area contributed by atoms with E-state index in [2.05, 4.69) is 4.98 Å². The highest BCUT2D eigenvalue weighted by Crippen LogP contribution is 2.23. The van der Waals surface area contributed by atoms with Gasteiger partial charge in [-0.3, -0.25) is 0 Å². The van der Waals surface area contributed by atoms with Gasteiger partial charge in [0.1, 0.15) is 11.3 Å². The summed E-state index contributed by atoms with van der Waals surface area (Å²) in [4.78, 5) is 13.0. The van der Waals surface area contributed by atoms with Gasteiger partial charge in [-0.2, -0.15) is 0 Å². The first-order valence-corrected chi connectivity index (χ1v) is 3.30. The van der Waals surface area contributed by atoms with Crippen molar-refractivity contribution in [3.05, 3.63) is 29.1 Å². The van der Waals surface area contributed by atoms with Gasteiger partial charge in [0.05, 0.1) is 6.20 Å². The molecule has 7 heteroatoms. The molecule has 76 valence electrons. The fraction of sp³-hybridized carbons (Fsp3) is 0.143. The Balaban J connectivity index is 3.41.